The third-order valence-electron chi connectivity index (χ3n) is 1.98. The fourth-order valence-electron chi connectivity index (χ4n) is 1.00. The van der Waals surface area contributed by atoms with Crippen LogP contribution in [0.4, 0.5) is 10.1 Å². The second-order valence-electron chi connectivity index (χ2n) is 3.23. The number of primary amides is 1. The van der Waals surface area contributed by atoms with E-state index in [-0.39, 0.29) is 5.82 Å². The van der Waals surface area contributed by atoms with Crippen LogP contribution in [0, 0.1) is 12.7 Å². The van der Waals surface area contributed by atoms with E-state index in [0.717, 1.165) is 0 Å². The number of rotatable bonds is 3. The van der Waals surface area contributed by atoms with Gasteiger partial charge in [-0.05, 0) is 31.5 Å². The smallest absolute Gasteiger partial charge is 0.239 e. The van der Waals surface area contributed by atoms with Gasteiger partial charge in [0.05, 0.1) is 0 Å². The Hall–Kier alpha value is -1.58. The summed E-state index contributed by atoms with van der Waals surface area (Å²) in [5, 5.41) is 2.79. The lowest BCUT2D eigenvalue weighted by atomic mass is 10.2. The number of nitrogens with one attached hydrogen (secondary N) is 1. The lowest BCUT2D eigenvalue weighted by molar-refractivity contribution is -0.118. The van der Waals surface area contributed by atoms with Gasteiger partial charge < -0.3 is 11.1 Å². The van der Waals surface area contributed by atoms with Gasteiger partial charge in [0.25, 0.3) is 0 Å². The summed E-state index contributed by atoms with van der Waals surface area (Å²) >= 11 is 0. The molecule has 0 aliphatic carbocycles. The quantitative estimate of drug-likeness (QED) is 0.768. The van der Waals surface area contributed by atoms with E-state index in [2.05, 4.69) is 5.32 Å². The first-order valence-corrected chi connectivity index (χ1v) is 4.32. The second-order valence-corrected chi connectivity index (χ2v) is 3.23. The predicted molar refractivity (Wildman–Crippen MR) is 53.4 cm³/mol. The molecule has 1 amide bonds. The van der Waals surface area contributed by atoms with Crippen LogP contribution in [-0.2, 0) is 4.79 Å². The number of benzene rings is 1. The van der Waals surface area contributed by atoms with E-state index in [4.69, 9.17) is 5.73 Å². The number of amides is 1. The number of anilines is 1. The zero-order valence-corrected chi connectivity index (χ0v) is 8.17. The first kappa shape index (κ1) is 10.5. The highest BCUT2D eigenvalue weighted by molar-refractivity contribution is 5.82. The molecule has 14 heavy (non-hydrogen) atoms. The minimum atomic E-state index is -0.503. The molecule has 3 N–H and O–H groups in total. The molecule has 0 heterocycles. The summed E-state index contributed by atoms with van der Waals surface area (Å²) in [6.45, 7) is 3.30. The molecule has 0 bridgehead atoms. The molecule has 1 aromatic carbocycles. The van der Waals surface area contributed by atoms with E-state index >= 15 is 0 Å². The van der Waals surface area contributed by atoms with E-state index in [1.807, 2.05) is 0 Å². The minimum Gasteiger partial charge on any atom is -0.374 e. The van der Waals surface area contributed by atoms with Gasteiger partial charge in [-0.3, -0.25) is 4.79 Å². The van der Waals surface area contributed by atoms with E-state index in [0.29, 0.717) is 11.3 Å². The molecule has 4 heteroatoms. The molecule has 76 valence electrons. The summed E-state index contributed by atoms with van der Waals surface area (Å²) in [7, 11) is 0. The van der Waals surface area contributed by atoms with Gasteiger partial charge >= 0.3 is 0 Å². The minimum absolute atomic E-state index is 0.299. The molecule has 0 aromatic heterocycles. The summed E-state index contributed by atoms with van der Waals surface area (Å²) in [5.41, 5.74) is 6.18. The van der Waals surface area contributed by atoms with Gasteiger partial charge in [0.2, 0.25) is 5.91 Å². The molecule has 0 saturated heterocycles. The van der Waals surface area contributed by atoms with Gasteiger partial charge in [-0.1, -0.05) is 6.07 Å². The maximum atomic E-state index is 13.1. The van der Waals surface area contributed by atoms with Crippen LogP contribution in [0.25, 0.3) is 0 Å². The van der Waals surface area contributed by atoms with Gasteiger partial charge in [0, 0.05) is 5.69 Å². The maximum absolute atomic E-state index is 13.1. The van der Waals surface area contributed by atoms with Crippen molar-refractivity contribution < 1.29 is 9.18 Å². The van der Waals surface area contributed by atoms with E-state index < -0.39 is 11.9 Å². The largest absolute Gasteiger partial charge is 0.374 e. The van der Waals surface area contributed by atoms with Crippen molar-refractivity contribution in [1.29, 1.82) is 0 Å². The van der Waals surface area contributed by atoms with Crippen molar-refractivity contribution in [3.8, 4) is 0 Å². The molecule has 0 aliphatic heterocycles. The highest BCUT2D eigenvalue weighted by atomic mass is 19.1. The van der Waals surface area contributed by atoms with Crippen LogP contribution in [0.2, 0.25) is 0 Å². The van der Waals surface area contributed by atoms with Crippen molar-refractivity contribution in [1.82, 2.24) is 0 Å². The monoisotopic (exact) mass is 196 g/mol. The van der Waals surface area contributed by atoms with Crippen molar-refractivity contribution in [2.24, 2.45) is 5.73 Å². The fraction of sp³-hybridized carbons (Fsp3) is 0.300. The zero-order valence-electron chi connectivity index (χ0n) is 8.17. The molecular formula is C10H13FN2O. The summed E-state index contributed by atoms with van der Waals surface area (Å²) < 4.78 is 13.1. The Labute approximate surface area is 82.1 Å². The average molecular weight is 196 g/mol. The van der Waals surface area contributed by atoms with Crippen molar-refractivity contribution in [3.63, 3.8) is 0 Å². The summed E-state index contributed by atoms with van der Waals surface area (Å²) in [4.78, 5) is 10.7. The molecule has 0 spiro atoms. The molecule has 1 rings (SSSR count). The fourth-order valence-corrected chi connectivity index (χ4v) is 1.00. The molecule has 0 aliphatic rings. The molecule has 0 fully saturated rings. The molecule has 1 unspecified atom stereocenters. The normalized spacial score (nSPS) is 12.2. The SMILES string of the molecule is Cc1ccc(NC(C)C(N)=O)cc1F. The van der Waals surface area contributed by atoms with Gasteiger partial charge in [0.1, 0.15) is 11.9 Å². The number of aryl methyl sites for hydroxylation is 1. The number of carbonyl (C=O) groups is 1. The van der Waals surface area contributed by atoms with Crippen LogP contribution in [0.1, 0.15) is 12.5 Å². The van der Waals surface area contributed by atoms with Crippen LogP contribution < -0.4 is 11.1 Å². The first-order valence-electron chi connectivity index (χ1n) is 4.32. The van der Waals surface area contributed by atoms with Crippen LogP contribution in [0.3, 0.4) is 0 Å². The van der Waals surface area contributed by atoms with Crippen molar-refractivity contribution in [3.05, 3.63) is 29.6 Å². The topological polar surface area (TPSA) is 55.1 Å². The van der Waals surface area contributed by atoms with Crippen LogP contribution in [0.15, 0.2) is 18.2 Å². The third-order valence-corrected chi connectivity index (χ3v) is 1.98. The average Bonchev–Trinajstić information content (AvgIpc) is 2.11. The van der Waals surface area contributed by atoms with E-state index in [1.54, 1.807) is 26.0 Å². The van der Waals surface area contributed by atoms with Crippen molar-refractivity contribution in [2.75, 3.05) is 5.32 Å². The Kier molecular flexibility index (Phi) is 3.06. The number of nitrogens with two attached hydrogens (primary N) is 1. The van der Waals surface area contributed by atoms with Crippen molar-refractivity contribution >= 4 is 11.6 Å². The Bertz CT molecular complexity index is 352. The predicted octanol–water partition coefficient (Wildman–Crippen LogP) is 1.42. The van der Waals surface area contributed by atoms with Crippen LogP contribution >= 0.6 is 0 Å². The summed E-state index contributed by atoms with van der Waals surface area (Å²) in [5.74, 6) is -0.766. The van der Waals surface area contributed by atoms with Crippen LogP contribution in [0.5, 0.6) is 0 Å². The van der Waals surface area contributed by atoms with E-state index in [1.165, 1.54) is 6.07 Å². The molecule has 1 atom stereocenters. The number of carbonyl (C=O) groups excluding carboxylic acids is 1. The number of hydrogen-bond donors (Lipinski definition) is 2. The number of halogens is 1. The maximum Gasteiger partial charge on any atom is 0.239 e. The van der Waals surface area contributed by atoms with E-state index in [9.17, 15) is 9.18 Å². The third kappa shape index (κ3) is 2.45. The molecule has 0 radical (unpaired) electrons. The Balaban J connectivity index is 2.78. The summed E-state index contributed by atoms with van der Waals surface area (Å²) in [6, 6.07) is 4.19. The highest BCUT2D eigenvalue weighted by Crippen LogP contribution is 2.14. The second kappa shape index (κ2) is 4.09. The summed E-state index contributed by atoms with van der Waals surface area (Å²) in [6.07, 6.45) is 0. The van der Waals surface area contributed by atoms with Gasteiger partial charge in [-0.25, -0.2) is 4.39 Å². The Morgan fingerprint density at radius 2 is 2.21 bits per heavy atom. The molecule has 3 nitrogen and oxygen atoms in total. The highest BCUT2D eigenvalue weighted by Gasteiger charge is 2.08. The van der Waals surface area contributed by atoms with Crippen LogP contribution in [-0.4, -0.2) is 11.9 Å². The molecule has 0 saturated carbocycles. The lowest BCUT2D eigenvalue weighted by Gasteiger charge is -2.11. The zero-order chi connectivity index (χ0) is 10.7. The Morgan fingerprint density at radius 1 is 1.57 bits per heavy atom. The molecular weight excluding hydrogens is 183 g/mol. The first-order chi connectivity index (χ1) is 6.50. The standard InChI is InChI=1S/C10H13FN2O/c1-6-3-4-8(5-9(6)11)13-7(2)10(12)14/h3-5,7,13H,1-2H3,(H2,12,14). The molecule has 1 aromatic rings. The number of hydrogen-bond acceptors (Lipinski definition) is 2. The van der Waals surface area contributed by atoms with Crippen molar-refractivity contribution in [2.45, 2.75) is 19.9 Å². The van der Waals surface area contributed by atoms with Gasteiger partial charge in [-0.2, -0.15) is 0 Å². The Morgan fingerprint density at radius 3 is 2.71 bits per heavy atom. The lowest BCUT2D eigenvalue weighted by Crippen LogP contribution is -2.32. The van der Waals surface area contributed by atoms with Gasteiger partial charge in [0.15, 0.2) is 0 Å². The van der Waals surface area contributed by atoms with Gasteiger partial charge in [-0.15, -0.1) is 0 Å².